The summed E-state index contributed by atoms with van der Waals surface area (Å²) in [5.41, 5.74) is 1.61. The maximum atomic E-state index is 3.86. The molecule has 0 unspecified atom stereocenters. The maximum Gasteiger partial charge on any atom is 0.00400 e. The lowest BCUT2D eigenvalue weighted by Crippen LogP contribution is -2.00. The van der Waals surface area contributed by atoms with Crippen LogP contribution < -0.4 is 0 Å². The fraction of sp³-hybridized carbons (Fsp3) is 0.688. The molecule has 1 radical (unpaired) electrons. The average molecular weight is 221 g/mol. The largest absolute Gasteiger partial charge is 0.103 e. The summed E-state index contributed by atoms with van der Waals surface area (Å²) in [4.78, 5) is 0. The molecule has 93 valence electrons. The van der Waals surface area contributed by atoms with Crippen LogP contribution in [-0.2, 0) is 0 Å². The number of hydrogen-bond donors (Lipinski definition) is 0. The van der Waals surface area contributed by atoms with E-state index in [9.17, 15) is 0 Å². The van der Waals surface area contributed by atoms with Crippen LogP contribution in [0.4, 0.5) is 0 Å². The van der Waals surface area contributed by atoms with Crippen molar-refractivity contribution in [2.24, 2.45) is 0 Å². The van der Waals surface area contributed by atoms with Gasteiger partial charge in [0.25, 0.3) is 0 Å². The zero-order valence-electron chi connectivity index (χ0n) is 11.5. The fourth-order valence-corrected chi connectivity index (χ4v) is 1.95. The summed E-state index contributed by atoms with van der Waals surface area (Å²) < 4.78 is 0. The van der Waals surface area contributed by atoms with E-state index in [1.807, 2.05) is 6.08 Å². The van der Waals surface area contributed by atoms with Crippen molar-refractivity contribution in [2.45, 2.75) is 72.1 Å². The van der Waals surface area contributed by atoms with Gasteiger partial charge in [0.2, 0.25) is 0 Å². The molecule has 0 saturated carbocycles. The molecule has 0 atom stereocenters. The molecule has 0 rings (SSSR count). The Morgan fingerprint density at radius 1 is 1.06 bits per heavy atom. The Balaban J connectivity index is 4.34. The van der Waals surface area contributed by atoms with Gasteiger partial charge in [0.1, 0.15) is 0 Å². The third-order valence-electron chi connectivity index (χ3n) is 3.02. The first-order valence-electron chi connectivity index (χ1n) is 6.95. The molecule has 16 heavy (non-hydrogen) atoms. The minimum absolute atomic E-state index is 1.07. The van der Waals surface area contributed by atoms with E-state index in [1.165, 1.54) is 44.9 Å². The van der Waals surface area contributed by atoms with Crippen molar-refractivity contribution in [3.8, 4) is 0 Å². The van der Waals surface area contributed by atoms with Crippen LogP contribution in [-0.4, -0.2) is 0 Å². The van der Waals surface area contributed by atoms with Gasteiger partial charge in [-0.1, -0.05) is 57.8 Å². The lowest BCUT2D eigenvalue weighted by atomic mass is 9.88. The zero-order valence-corrected chi connectivity index (χ0v) is 11.5. The molecule has 0 saturated heterocycles. The van der Waals surface area contributed by atoms with Gasteiger partial charge in [0, 0.05) is 5.92 Å². The predicted octanol–water partition coefficient (Wildman–Crippen LogP) is 5.85. The Morgan fingerprint density at radius 3 is 2.25 bits per heavy atom. The van der Waals surface area contributed by atoms with Gasteiger partial charge in [-0.2, -0.15) is 0 Å². The van der Waals surface area contributed by atoms with Crippen molar-refractivity contribution in [3.63, 3.8) is 0 Å². The second-order valence-electron chi connectivity index (χ2n) is 4.43. The highest BCUT2D eigenvalue weighted by Crippen LogP contribution is 2.27. The summed E-state index contributed by atoms with van der Waals surface area (Å²) in [7, 11) is 0. The van der Waals surface area contributed by atoms with Crippen LogP contribution in [0.25, 0.3) is 0 Å². The normalized spacial score (nSPS) is 12.1. The van der Waals surface area contributed by atoms with Crippen LogP contribution in [0.1, 0.15) is 72.1 Å². The topological polar surface area (TPSA) is 0 Å². The molecule has 0 aromatic heterocycles. The van der Waals surface area contributed by atoms with E-state index in [1.54, 1.807) is 11.5 Å². The van der Waals surface area contributed by atoms with Crippen LogP contribution in [0.15, 0.2) is 24.3 Å². The van der Waals surface area contributed by atoms with E-state index in [2.05, 4.69) is 33.4 Å². The van der Waals surface area contributed by atoms with Crippen molar-refractivity contribution in [1.29, 1.82) is 0 Å². The van der Waals surface area contributed by atoms with Crippen LogP contribution in [0.3, 0.4) is 0 Å². The van der Waals surface area contributed by atoms with E-state index < -0.39 is 0 Å². The Kier molecular flexibility index (Phi) is 10.6. The highest BCUT2D eigenvalue weighted by molar-refractivity contribution is 5.25. The number of allylic oxidation sites excluding steroid dienone is 3. The van der Waals surface area contributed by atoms with E-state index >= 15 is 0 Å². The molecule has 0 aliphatic carbocycles. The van der Waals surface area contributed by atoms with Gasteiger partial charge < -0.3 is 0 Å². The Hall–Kier alpha value is -0.520. The zero-order chi connectivity index (χ0) is 12.2. The minimum Gasteiger partial charge on any atom is -0.103 e. The van der Waals surface area contributed by atoms with Gasteiger partial charge in [-0.25, -0.2) is 0 Å². The van der Waals surface area contributed by atoms with Crippen molar-refractivity contribution in [2.75, 3.05) is 0 Å². The van der Waals surface area contributed by atoms with Crippen LogP contribution in [0.5, 0.6) is 0 Å². The number of rotatable bonds is 10. The standard InChI is InChI=1S/C16H29/c1-5-9-11-14-16(13-10-6-2)15(8-4)12-7-3/h7,14H,3,5-6,8-13H2,1-2,4H3. The summed E-state index contributed by atoms with van der Waals surface area (Å²) in [6, 6.07) is 0. The monoisotopic (exact) mass is 221 g/mol. The third-order valence-corrected chi connectivity index (χ3v) is 3.02. The lowest BCUT2D eigenvalue weighted by Gasteiger charge is -2.17. The van der Waals surface area contributed by atoms with E-state index in [4.69, 9.17) is 0 Å². The predicted molar refractivity (Wildman–Crippen MR) is 75.5 cm³/mol. The van der Waals surface area contributed by atoms with Crippen molar-refractivity contribution in [3.05, 3.63) is 30.2 Å². The summed E-state index contributed by atoms with van der Waals surface area (Å²) >= 11 is 0. The highest BCUT2D eigenvalue weighted by atomic mass is 14.1. The molecule has 0 heteroatoms. The second-order valence-corrected chi connectivity index (χ2v) is 4.43. The molecule has 0 nitrogen and oxygen atoms in total. The summed E-state index contributed by atoms with van der Waals surface area (Å²) in [6.45, 7) is 10.6. The molecule has 0 N–H and O–H groups in total. The molecular formula is C16H29. The Morgan fingerprint density at radius 2 is 1.75 bits per heavy atom. The Bertz CT molecular complexity index is 188. The number of hydrogen-bond acceptors (Lipinski definition) is 0. The quantitative estimate of drug-likeness (QED) is 0.320. The molecular weight excluding hydrogens is 192 g/mol. The summed E-state index contributed by atoms with van der Waals surface area (Å²) in [6.07, 6.45) is 14.5. The highest BCUT2D eigenvalue weighted by Gasteiger charge is 2.10. The molecule has 0 aromatic rings. The minimum atomic E-state index is 1.07. The van der Waals surface area contributed by atoms with Gasteiger partial charge in [-0.15, -0.1) is 6.58 Å². The first kappa shape index (κ1) is 15.5. The van der Waals surface area contributed by atoms with Gasteiger partial charge >= 0.3 is 0 Å². The van der Waals surface area contributed by atoms with Gasteiger partial charge in [0.05, 0.1) is 0 Å². The van der Waals surface area contributed by atoms with Crippen molar-refractivity contribution in [1.82, 2.24) is 0 Å². The maximum absolute atomic E-state index is 3.86. The molecule has 0 aliphatic rings. The summed E-state index contributed by atoms with van der Waals surface area (Å²) in [5.74, 6) is 1.60. The number of unbranched alkanes of at least 4 members (excludes halogenated alkanes) is 3. The summed E-state index contributed by atoms with van der Waals surface area (Å²) in [5, 5.41) is 0. The molecule has 0 amide bonds. The van der Waals surface area contributed by atoms with Gasteiger partial charge in [0.15, 0.2) is 0 Å². The Labute approximate surface area is 103 Å². The van der Waals surface area contributed by atoms with Crippen LogP contribution in [0, 0.1) is 5.92 Å². The van der Waals surface area contributed by atoms with E-state index in [0.29, 0.717) is 0 Å². The fourth-order valence-electron chi connectivity index (χ4n) is 1.95. The SMILES string of the molecule is C=CC[C](CC)C(=CCCCC)CCCC. The van der Waals surface area contributed by atoms with Crippen molar-refractivity contribution >= 4 is 0 Å². The van der Waals surface area contributed by atoms with Crippen LogP contribution >= 0.6 is 0 Å². The molecule has 0 bridgehead atoms. The smallest absolute Gasteiger partial charge is 0.00400 e. The third kappa shape index (κ3) is 6.87. The molecule has 0 heterocycles. The average Bonchev–Trinajstić information content (AvgIpc) is 2.31. The van der Waals surface area contributed by atoms with E-state index in [0.717, 1.165) is 6.42 Å². The molecule has 0 aromatic carbocycles. The first-order chi connectivity index (χ1) is 7.79. The van der Waals surface area contributed by atoms with E-state index in [-0.39, 0.29) is 0 Å². The van der Waals surface area contributed by atoms with Gasteiger partial charge in [-0.3, -0.25) is 0 Å². The molecule has 0 spiro atoms. The van der Waals surface area contributed by atoms with Gasteiger partial charge in [-0.05, 0) is 32.1 Å². The molecule has 0 aliphatic heterocycles. The second kappa shape index (κ2) is 11.0. The lowest BCUT2D eigenvalue weighted by molar-refractivity contribution is 0.730. The van der Waals surface area contributed by atoms with Crippen LogP contribution in [0.2, 0.25) is 0 Å². The van der Waals surface area contributed by atoms with Crippen molar-refractivity contribution < 1.29 is 0 Å². The molecule has 0 fully saturated rings. The first-order valence-corrected chi connectivity index (χ1v) is 6.95.